The third-order valence-electron chi connectivity index (χ3n) is 3.79. The van der Waals surface area contributed by atoms with Gasteiger partial charge in [-0.1, -0.05) is 29.4 Å². The number of ether oxygens (including phenoxy) is 1. The van der Waals surface area contributed by atoms with Gasteiger partial charge in [-0.05, 0) is 30.3 Å². The molecule has 27 heavy (non-hydrogen) atoms. The number of hydrogen-bond acceptors (Lipinski definition) is 6. The summed E-state index contributed by atoms with van der Waals surface area (Å²) >= 11 is 7.41. The minimum Gasteiger partial charge on any atom is -0.379 e. The van der Waals surface area contributed by atoms with E-state index in [2.05, 4.69) is 10.3 Å². The number of pyridine rings is 1. The van der Waals surface area contributed by atoms with E-state index in [1.165, 1.54) is 28.2 Å². The molecule has 2 heterocycles. The number of carbonyl (C=O) groups excluding carboxylic acids is 1. The van der Waals surface area contributed by atoms with Gasteiger partial charge in [0.05, 0.1) is 29.0 Å². The fourth-order valence-corrected chi connectivity index (χ4v) is 5.04. The number of aromatic nitrogens is 1. The zero-order valence-electron chi connectivity index (χ0n) is 14.3. The van der Waals surface area contributed by atoms with Gasteiger partial charge in [-0.25, -0.2) is 13.4 Å². The lowest BCUT2D eigenvalue weighted by molar-refractivity contribution is -0.113. The standard InChI is InChI=1S/C17H18ClN3O4S2/c18-14-5-4-13(20-16(22)12-26-17-3-1-2-6-19-17)11-15(14)27(23,24)21-7-9-25-10-8-21/h1-6,11H,7-10,12H2,(H,20,22). The van der Waals surface area contributed by atoms with E-state index in [1.54, 1.807) is 18.3 Å². The van der Waals surface area contributed by atoms with Gasteiger partial charge in [0.2, 0.25) is 15.9 Å². The van der Waals surface area contributed by atoms with Crippen LogP contribution < -0.4 is 5.32 Å². The van der Waals surface area contributed by atoms with Crippen molar-refractivity contribution in [2.75, 3.05) is 37.4 Å². The third-order valence-corrected chi connectivity index (χ3v) is 7.12. The van der Waals surface area contributed by atoms with Gasteiger partial charge in [-0.3, -0.25) is 4.79 Å². The summed E-state index contributed by atoms with van der Waals surface area (Å²) in [6, 6.07) is 9.88. The van der Waals surface area contributed by atoms with Crippen molar-refractivity contribution < 1.29 is 17.9 Å². The minimum atomic E-state index is -3.75. The summed E-state index contributed by atoms with van der Waals surface area (Å²) < 4.78 is 32.2. The maximum absolute atomic E-state index is 12.8. The van der Waals surface area contributed by atoms with Gasteiger partial charge in [0, 0.05) is 25.0 Å². The van der Waals surface area contributed by atoms with Crippen molar-refractivity contribution in [3.63, 3.8) is 0 Å². The van der Waals surface area contributed by atoms with E-state index in [-0.39, 0.29) is 34.7 Å². The Labute approximate surface area is 167 Å². The van der Waals surface area contributed by atoms with E-state index >= 15 is 0 Å². The van der Waals surface area contributed by atoms with E-state index in [9.17, 15) is 13.2 Å². The van der Waals surface area contributed by atoms with Crippen molar-refractivity contribution in [3.05, 3.63) is 47.6 Å². The Bertz CT molecular complexity index is 904. The van der Waals surface area contributed by atoms with Crippen LogP contribution in [0, 0.1) is 0 Å². The Balaban J connectivity index is 1.70. The lowest BCUT2D eigenvalue weighted by atomic mass is 10.3. The fourth-order valence-electron chi connectivity index (χ4n) is 2.47. The Morgan fingerprint density at radius 3 is 2.74 bits per heavy atom. The predicted octanol–water partition coefficient (Wildman–Crippen LogP) is 2.49. The number of carbonyl (C=O) groups is 1. The fraction of sp³-hybridized carbons (Fsp3) is 0.294. The second-order valence-corrected chi connectivity index (χ2v) is 8.98. The van der Waals surface area contributed by atoms with E-state index in [1.807, 2.05) is 12.1 Å². The van der Waals surface area contributed by atoms with Crippen LogP contribution >= 0.6 is 23.4 Å². The van der Waals surface area contributed by atoms with Crippen molar-refractivity contribution in [1.29, 1.82) is 0 Å². The molecule has 0 atom stereocenters. The van der Waals surface area contributed by atoms with Crippen molar-refractivity contribution in [2.24, 2.45) is 0 Å². The van der Waals surface area contributed by atoms with Crippen LogP contribution in [0.1, 0.15) is 0 Å². The molecular formula is C17H18ClN3O4S2. The number of hydrogen-bond donors (Lipinski definition) is 1. The molecule has 1 aliphatic rings. The zero-order valence-corrected chi connectivity index (χ0v) is 16.7. The molecule has 1 aliphatic heterocycles. The number of amides is 1. The number of rotatable bonds is 6. The summed E-state index contributed by atoms with van der Waals surface area (Å²) in [6.07, 6.45) is 1.65. The maximum Gasteiger partial charge on any atom is 0.244 e. The van der Waals surface area contributed by atoms with Crippen LogP contribution in [-0.4, -0.2) is 55.7 Å². The molecule has 7 nitrogen and oxygen atoms in total. The zero-order chi connectivity index (χ0) is 19.3. The van der Waals surface area contributed by atoms with Crippen molar-refractivity contribution in [1.82, 2.24) is 9.29 Å². The number of sulfonamides is 1. The first kappa shape index (κ1) is 20.1. The summed E-state index contributed by atoms with van der Waals surface area (Å²) in [6.45, 7) is 1.24. The van der Waals surface area contributed by atoms with Crippen LogP contribution in [0.25, 0.3) is 0 Å². The highest BCUT2D eigenvalue weighted by molar-refractivity contribution is 7.99. The molecule has 0 unspecified atom stereocenters. The van der Waals surface area contributed by atoms with Crippen LogP contribution in [0.5, 0.6) is 0 Å². The average molecular weight is 428 g/mol. The van der Waals surface area contributed by atoms with Crippen LogP contribution in [0.2, 0.25) is 5.02 Å². The number of benzene rings is 1. The van der Waals surface area contributed by atoms with Gasteiger partial charge in [0.1, 0.15) is 4.90 Å². The van der Waals surface area contributed by atoms with E-state index < -0.39 is 10.0 Å². The summed E-state index contributed by atoms with van der Waals surface area (Å²) in [7, 11) is -3.75. The minimum absolute atomic E-state index is 0.0266. The molecule has 10 heteroatoms. The monoisotopic (exact) mass is 427 g/mol. The number of anilines is 1. The van der Waals surface area contributed by atoms with Crippen LogP contribution in [0.4, 0.5) is 5.69 Å². The molecule has 0 radical (unpaired) electrons. The Hall–Kier alpha value is -1.65. The van der Waals surface area contributed by atoms with Crippen LogP contribution in [-0.2, 0) is 19.6 Å². The third kappa shape index (κ3) is 5.20. The Morgan fingerprint density at radius 2 is 2.04 bits per heavy atom. The Kier molecular flexibility index (Phi) is 6.72. The summed E-state index contributed by atoms with van der Waals surface area (Å²) in [5, 5.41) is 3.55. The molecule has 1 saturated heterocycles. The molecule has 1 N–H and O–H groups in total. The highest BCUT2D eigenvalue weighted by Crippen LogP contribution is 2.28. The van der Waals surface area contributed by atoms with Gasteiger partial charge in [0.15, 0.2) is 0 Å². The molecule has 0 bridgehead atoms. The van der Waals surface area contributed by atoms with Gasteiger partial charge in [0.25, 0.3) is 0 Å². The first-order chi connectivity index (χ1) is 13.0. The number of nitrogens with one attached hydrogen (secondary N) is 1. The molecule has 1 amide bonds. The first-order valence-corrected chi connectivity index (χ1v) is 11.0. The molecule has 3 rings (SSSR count). The molecule has 0 aliphatic carbocycles. The van der Waals surface area contributed by atoms with Crippen LogP contribution in [0.15, 0.2) is 52.5 Å². The Morgan fingerprint density at radius 1 is 1.26 bits per heavy atom. The van der Waals surface area contributed by atoms with Gasteiger partial charge in [-0.2, -0.15) is 4.31 Å². The molecule has 0 saturated carbocycles. The van der Waals surface area contributed by atoms with E-state index in [0.717, 1.165) is 5.03 Å². The quantitative estimate of drug-likeness (QED) is 0.712. The normalized spacial score (nSPS) is 15.4. The first-order valence-electron chi connectivity index (χ1n) is 8.18. The largest absolute Gasteiger partial charge is 0.379 e. The number of morpholine rings is 1. The highest BCUT2D eigenvalue weighted by Gasteiger charge is 2.28. The molecule has 1 aromatic carbocycles. The topological polar surface area (TPSA) is 88.6 Å². The molecular weight excluding hydrogens is 410 g/mol. The second-order valence-electron chi connectivity index (χ2n) is 5.67. The highest BCUT2D eigenvalue weighted by atomic mass is 35.5. The summed E-state index contributed by atoms with van der Waals surface area (Å²) in [5.41, 5.74) is 0.373. The molecule has 2 aromatic rings. The van der Waals surface area contributed by atoms with Gasteiger partial charge in [-0.15, -0.1) is 0 Å². The molecule has 144 valence electrons. The molecule has 0 spiro atoms. The molecule has 1 fully saturated rings. The van der Waals surface area contributed by atoms with Crippen molar-refractivity contribution in [3.8, 4) is 0 Å². The maximum atomic E-state index is 12.8. The van der Waals surface area contributed by atoms with Gasteiger partial charge < -0.3 is 10.1 Å². The lowest BCUT2D eigenvalue weighted by Gasteiger charge is -2.26. The molecule has 1 aromatic heterocycles. The smallest absolute Gasteiger partial charge is 0.244 e. The number of nitrogens with zero attached hydrogens (tertiary/aromatic N) is 2. The van der Waals surface area contributed by atoms with E-state index in [4.69, 9.17) is 16.3 Å². The number of thioether (sulfide) groups is 1. The van der Waals surface area contributed by atoms with Crippen LogP contribution in [0.3, 0.4) is 0 Å². The number of halogens is 1. The van der Waals surface area contributed by atoms with E-state index in [0.29, 0.717) is 18.9 Å². The second kappa shape index (κ2) is 9.03. The van der Waals surface area contributed by atoms with Crippen molar-refractivity contribution in [2.45, 2.75) is 9.92 Å². The van der Waals surface area contributed by atoms with Gasteiger partial charge >= 0.3 is 0 Å². The predicted molar refractivity (Wildman–Crippen MR) is 105 cm³/mol. The SMILES string of the molecule is O=C(CSc1ccccn1)Nc1ccc(Cl)c(S(=O)(=O)N2CCOCC2)c1. The summed E-state index contributed by atoms with van der Waals surface area (Å²) in [5.74, 6) is -0.103. The van der Waals surface area contributed by atoms with Crippen molar-refractivity contribution >= 4 is 45.0 Å². The summed E-state index contributed by atoms with van der Waals surface area (Å²) in [4.78, 5) is 16.3. The lowest BCUT2D eigenvalue weighted by Crippen LogP contribution is -2.40. The average Bonchev–Trinajstić information content (AvgIpc) is 2.69.